The SMILES string of the molecule is Nc1cc(Br)cc(-c2nc(Cc3ccccc3)no2)c1. The van der Waals surface area contributed by atoms with Gasteiger partial charge in [0.15, 0.2) is 5.82 Å². The first-order valence-corrected chi connectivity index (χ1v) is 6.93. The summed E-state index contributed by atoms with van der Waals surface area (Å²) >= 11 is 3.40. The third-order valence-electron chi connectivity index (χ3n) is 2.84. The van der Waals surface area contributed by atoms with Crippen LogP contribution in [0.15, 0.2) is 57.5 Å². The molecule has 5 heteroatoms. The van der Waals surface area contributed by atoms with Crippen LogP contribution < -0.4 is 5.73 Å². The molecule has 0 unspecified atom stereocenters. The largest absolute Gasteiger partial charge is 0.399 e. The summed E-state index contributed by atoms with van der Waals surface area (Å²) in [5.74, 6) is 1.13. The van der Waals surface area contributed by atoms with E-state index in [1.165, 1.54) is 0 Å². The van der Waals surface area contributed by atoms with E-state index in [-0.39, 0.29) is 0 Å². The number of rotatable bonds is 3. The smallest absolute Gasteiger partial charge is 0.258 e. The fourth-order valence-electron chi connectivity index (χ4n) is 1.96. The van der Waals surface area contributed by atoms with Crippen molar-refractivity contribution in [2.24, 2.45) is 0 Å². The van der Waals surface area contributed by atoms with Crippen molar-refractivity contribution in [2.45, 2.75) is 6.42 Å². The number of nitrogen functional groups attached to an aromatic ring is 1. The fourth-order valence-corrected chi connectivity index (χ4v) is 2.47. The number of halogens is 1. The number of aromatic nitrogens is 2. The molecule has 0 spiro atoms. The van der Waals surface area contributed by atoms with Gasteiger partial charge in [-0.25, -0.2) is 0 Å². The van der Waals surface area contributed by atoms with Gasteiger partial charge in [-0.1, -0.05) is 51.4 Å². The molecule has 0 aliphatic carbocycles. The Morgan fingerprint density at radius 1 is 1.10 bits per heavy atom. The Kier molecular flexibility index (Phi) is 3.52. The predicted octanol–water partition coefficient (Wildman–Crippen LogP) is 3.67. The topological polar surface area (TPSA) is 64.9 Å². The van der Waals surface area contributed by atoms with E-state index in [0.717, 1.165) is 15.6 Å². The molecule has 100 valence electrons. The molecule has 1 aromatic heterocycles. The van der Waals surface area contributed by atoms with Crippen LogP contribution in [-0.4, -0.2) is 10.1 Å². The Balaban J connectivity index is 1.86. The van der Waals surface area contributed by atoms with Gasteiger partial charge in [0.05, 0.1) is 0 Å². The van der Waals surface area contributed by atoms with Crippen molar-refractivity contribution >= 4 is 21.6 Å². The van der Waals surface area contributed by atoms with Gasteiger partial charge in [0.2, 0.25) is 0 Å². The van der Waals surface area contributed by atoms with Crippen LogP contribution >= 0.6 is 15.9 Å². The van der Waals surface area contributed by atoms with Gasteiger partial charge in [0, 0.05) is 22.1 Å². The van der Waals surface area contributed by atoms with Crippen molar-refractivity contribution in [1.82, 2.24) is 10.1 Å². The predicted molar refractivity (Wildman–Crippen MR) is 81.1 cm³/mol. The molecular formula is C15H12BrN3O. The van der Waals surface area contributed by atoms with E-state index in [0.29, 0.717) is 23.8 Å². The zero-order valence-corrected chi connectivity index (χ0v) is 12.2. The first-order valence-electron chi connectivity index (χ1n) is 6.14. The molecule has 0 atom stereocenters. The second kappa shape index (κ2) is 5.46. The van der Waals surface area contributed by atoms with Crippen molar-refractivity contribution in [3.05, 3.63) is 64.4 Å². The Hall–Kier alpha value is -2.14. The molecule has 0 aliphatic heterocycles. The average Bonchev–Trinajstić information content (AvgIpc) is 2.87. The maximum atomic E-state index is 5.81. The van der Waals surface area contributed by atoms with Gasteiger partial charge in [0.25, 0.3) is 5.89 Å². The third kappa shape index (κ3) is 2.88. The Morgan fingerprint density at radius 2 is 1.90 bits per heavy atom. The molecule has 0 aliphatic rings. The lowest BCUT2D eigenvalue weighted by Gasteiger charge is -1.98. The first-order chi connectivity index (χ1) is 9.70. The second-order valence-corrected chi connectivity index (χ2v) is 5.37. The van der Waals surface area contributed by atoms with E-state index < -0.39 is 0 Å². The standard InChI is InChI=1S/C15H12BrN3O/c16-12-7-11(8-13(17)9-12)15-18-14(19-20-15)6-10-4-2-1-3-5-10/h1-5,7-9H,6,17H2. The van der Waals surface area contributed by atoms with Crippen LogP contribution in [0.4, 0.5) is 5.69 Å². The van der Waals surface area contributed by atoms with E-state index in [9.17, 15) is 0 Å². The van der Waals surface area contributed by atoms with Gasteiger partial charge in [-0.05, 0) is 23.8 Å². The minimum absolute atomic E-state index is 0.476. The van der Waals surface area contributed by atoms with Crippen molar-refractivity contribution in [3.63, 3.8) is 0 Å². The molecular weight excluding hydrogens is 318 g/mol. The summed E-state index contributed by atoms with van der Waals surface area (Å²) in [4.78, 5) is 4.40. The number of nitrogens with two attached hydrogens (primary N) is 1. The summed E-state index contributed by atoms with van der Waals surface area (Å²) in [5, 5.41) is 4.00. The number of hydrogen-bond acceptors (Lipinski definition) is 4. The van der Waals surface area contributed by atoms with E-state index in [1.54, 1.807) is 0 Å². The van der Waals surface area contributed by atoms with Crippen molar-refractivity contribution < 1.29 is 4.52 Å². The van der Waals surface area contributed by atoms with Gasteiger partial charge < -0.3 is 10.3 Å². The summed E-state index contributed by atoms with van der Waals surface area (Å²) in [7, 11) is 0. The summed E-state index contributed by atoms with van der Waals surface area (Å²) in [6.07, 6.45) is 0.647. The maximum Gasteiger partial charge on any atom is 0.258 e. The van der Waals surface area contributed by atoms with Crippen molar-refractivity contribution in [2.75, 3.05) is 5.73 Å². The maximum absolute atomic E-state index is 5.81. The van der Waals surface area contributed by atoms with Crippen molar-refractivity contribution in [3.8, 4) is 11.5 Å². The zero-order chi connectivity index (χ0) is 13.9. The molecule has 0 bridgehead atoms. The Labute approximate surface area is 124 Å². The minimum Gasteiger partial charge on any atom is -0.399 e. The number of benzene rings is 2. The number of nitrogens with zero attached hydrogens (tertiary/aromatic N) is 2. The highest BCUT2D eigenvalue weighted by atomic mass is 79.9. The molecule has 0 saturated heterocycles. The van der Waals surface area contributed by atoms with Gasteiger partial charge in [-0.15, -0.1) is 0 Å². The monoisotopic (exact) mass is 329 g/mol. The Morgan fingerprint density at radius 3 is 2.65 bits per heavy atom. The van der Waals surface area contributed by atoms with E-state index in [4.69, 9.17) is 10.3 Å². The quantitative estimate of drug-likeness (QED) is 0.744. The van der Waals surface area contributed by atoms with Crippen LogP contribution in [0.1, 0.15) is 11.4 Å². The summed E-state index contributed by atoms with van der Waals surface area (Å²) < 4.78 is 6.18. The summed E-state index contributed by atoms with van der Waals surface area (Å²) in [6.45, 7) is 0. The molecule has 3 aromatic rings. The molecule has 0 radical (unpaired) electrons. The van der Waals surface area contributed by atoms with Crippen LogP contribution in [0.2, 0.25) is 0 Å². The third-order valence-corrected chi connectivity index (χ3v) is 3.30. The molecule has 0 fully saturated rings. The lowest BCUT2D eigenvalue weighted by atomic mass is 10.1. The van der Waals surface area contributed by atoms with E-state index >= 15 is 0 Å². The first kappa shape index (κ1) is 12.9. The molecule has 0 amide bonds. The highest BCUT2D eigenvalue weighted by Crippen LogP contribution is 2.25. The molecule has 3 rings (SSSR count). The van der Waals surface area contributed by atoms with E-state index in [2.05, 4.69) is 26.1 Å². The van der Waals surface area contributed by atoms with E-state index in [1.807, 2.05) is 48.5 Å². The second-order valence-electron chi connectivity index (χ2n) is 4.45. The van der Waals surface area contributed by atoms with Crippen molar-refractivity contribution in [1.29, 1.82) is 0 Å². The van der Waals surface area contributed by atoms with Gasteiger partial charge in [-0.2, -0.15) is 4.98 Å². The molecule has 1 heterocycles. The minimum atomic E-state index is 0.476. The van der Waals surface area contributed by atoms with Gasteiger partial charge >= 0.3 is 0 Å². The lowest BCUT2D eigenvalue weighted by molar-refractivity contribution is 0.424. The van der Waals surface area contributed by atoms with Gasteiger partial charge in [-0.3, -0.25) is 0 Å². The number of anilines is 1. The molecule has 2 aromatic carbocycles. The highest BCUT2D eigenvalue weighted by molar-refractivity contribution is 9.10. The molecule has 0 saturated carbocycles. The van der Waals surface area contributed by atoms with Crippen LogP contribution in [-0.2, 0) is 6.42 Å². The normalized spacial score (nSPS) is 10.7. The highest BCUT2D eigenvalue weighted by Gasteiger charge is 2.10. The van der Waals surface area contributed by atoms with Crippen LogP contribution in [0.5, 0.6) is 0 Å². The van der Waals surface area contributed by atoms with Gasteiger partial charge in [0.1, 0.15) is 0 Å². The molecule has 4 nitrogen and oxygen atoms in total. The fraction of sp³-hybridized carbons (Fsp3) is 0.0667. The average molecular weight is 330 g/mol. The zero-order valence-electron chi connectivity index (χ0n) is 10.6. The summed E-state index contributed by atoms with van der Waals surface area (Å²) in [6, 6.07) is 15.6. The van der Waals surface area contributed by atoms with Crippen LogP contribution in [0.3, 0.4) is 0 Å². The van der Waals surface area contributed by atoms with Crippen LogP contribution in [0.25, 0.3) is 11.5 Å². The van der Waals surface area contributed by atoms with Crippen LogP contribution in [0, 0.1) is 0 Å². The summed E-state index contributed by atoms with van der Waals surface area (Å²) in [5.41, 5.74) is 8.41. The molecule has 20 heavy (non-hydrogen) atoms. The number of hydrogen-bond donors (Lipinski definition) is 1. The Bertz CT molecular complexity index is 705. The molecule has 2 N–H and O–H groups in total. The lowest BCUT2D eigenvalue weighted by Crippen LogP contribution is -1.90.